The summed E-state index contributed by atoms with van der Waals surface area (Å²) in [4.78, 5) is 18.8. The second-order valence-electron chi connectivity index (χ2n) is 5.32. The van der Waals surface area contributed by atoms with Crippen LogP contribution in [0, 0.1) is 0 Å². The molecule has 1 unspecified atom stereocenters. The standard InChI is InChI=1S/C15H23N3O2/c1-12(19)7-9-17-15(20)13-6-5-8-16-14(13)18-10-3-2-4-11-18/h5-6,8,12,19H,2-4,7,9-11H2,1H3,(H,17,20). The summed E-state index contributed by atoms with van der Waals surface area (Å²) in [6, 6.07) is 3.60. The molecule has 2 heterocycles. The van der Waals surface area contributed by atoms with Crippen LogP contribution >= 0.6 is 0 Å². The summed E-state index contributed by atoms with van der Waals surface area (Å²) >= 11 is 0. The number of piperidine rings is 1. The first-order chi connectivity index (χ1) is 9.68. The van der Waals surface area contributed by atoms with Gasteiger partial charge < -0.3 is 15.3 Å². The predicted octanol–water partition coefficient (Wildman–Crippen LogP) is 1.57. The van der Waals surface area contributed by atoms with Gasteiger partial charge in [0.25, 0.3) is 5.91 Å². The van der Waals surface area contributed by atoms with Crippen molar-refractivity contribution >= 4 is 11.7 Å². The molecule has 1 saturated heterocycles. The lowest BCUT2D eigenvalue weighted by atomic mass is 10.1. The number of rotatable bonds is 5. The second kappa shape index (κ2) is 7.24. The van der Waals surface area contributed by atoms with E-state index in [4.69, 9.17) is 0 Å². The van der Waals surface area contributed by atoms with E-state index in [0.29, 0.717) is 18.5 Å². The van der Waals surface area contributed by atoms with Gasteiger partial charge in [-0.1, -0.05) is 0 Å². The third-order valence-corrected chi connectivity index (χ3v) is 3.53. The van der Waals surface area contributed by atoms with Crippen molar-refractivity contribution in [2.24, 2.45) is 0 Å². The van der Waals surface area contributed by atoms with Crippen molar-refractivity contribution in [3.8, 4) is 0 Å². The summed E-state index contributed by atoms with van der Waals surface area (Å²) in [5, 5.41) is 12.1. The summed E-state index contributed by atoms with van der Waals surface area (Å²) in [7, 11) is 0. The van der Waals surface area contributed by atoms with Gasteiger partial charge >= 0.3 is 0 Å². The minimum absolute atomic E-state index is 0.112. The zero-order valence-electron chi connectivity index (χ0n) is 12.0. The molecule has 0 spiro atoms. The molecule has 1 amide bonds. The summed E-state index contributed by atoms with van der Waals surface area (Å²) in [5.41, 5.74) is 0.625. The Balaban J connectivity index is 2.04. The van der Waals surface area contributed by atoms with Crippen molar-refractivity contribution in [3.63, 3.8) is 0 Å². The van der Waals surface area contributed by atoms with E-state index in [2.05, 4.69) is 15.2 Å². The third-order valence-electron chi connectivity index (χ3n) is 3.53. The molecule has 0 radical (unpaired) electrons. The lowest BCUT2D eigenvalue weighted by molar-refractivity contribution is 0.0945. The number of carbonyl (C=O) groups excluding carboxylic acids is 1. The first kappa shape index (κ1) is 14.8. The first-order valence-electron chi connectivity index (χ1n) is 7.34. The third kappa shape index (κ3) is 3.93. The van der Waals surface area contributed by atoms with Crippen LogP contribution in [-0.4, -0.2) is 41.7 Å². The van der Waals surface area contributed by atoms with E-state index in [1.165, 1.54) is 6.42 Å². The van der Waals surface area contributed by atoms with Crippen LogP contribution in [0.25, 0.3) is 0 Å². The SMILES string of the molecule is CC(O)CCNC(=O)c1cccnc1N1CCCCC1. The Kier molecular flexibility index (Phi) is 5.35. The predicted molar refractivity (Wildman–Crippen MR) is 78.9 cm³/mol. The van der Waals surface area contributed by atoms with Gasteiger partial charge in [0.05, 0.1) is 11.7 Å². The number of aromatic nitrogens is 1. The Hall–Kier alpha value is -1.62. The van der Waals surface area contributed by atoms with Crippen LogP contribution in [0.5, 0.6) is 0 Å². The Morgan fingerprint density at radius 1 is 1.45 bits per heavy atom. The maximum atomic E-state index is 12.2. The van der Waals surface area contributed by atoms with Crippen molar-refractivity contribution in [1.29, 1.82) is 0 Å². The van der Waals surface area contributed by atoms with Gasteiger partial charge in [-0.25, -0.2) is 4.98 Å². The molecule has 1 atom stereocenters. The lowest BCUT2D eigenvalue weighted by Crippen LogP contribution is -2.34. The molecule has 1 fully saturated rings. The van der Waals surface area contributed by atoms with Crippen molar-refractivity contribution in [2.45, 2.75) is 38.7 Å². The highest BCUT2D eigenvalue weighted by molar-refractivity contribution is 5.98. The topological polar surface area (TPSA) is 65.5 Å². The molecule has 1 aromatic rings. The van der Waals surface area contributed by atoms with Crippen LogP contribution in [0.15, 0.2) is 18.3 Å². The lowest BCUT2D eigenvalue weighted by Gasteiger charge is -2.29. The fourth-order valence-electron chi connectivity index (χ4n) is 2.42. The molecule has 5 heteroatoms. The summed E-state index contributed by atoms with van der Waals surface area (Å²) in [6.45, 7) is 4.12. The highest BCUT2D eigenvalue weighted by atomic mass is 16.3. The fourth-order valence-corrected chi connectivity index (χ4v) is 2.42. The normalized spacial score (nSPS) is 16.8. The Morgan fingerprint density at radius 3 is 2.90 bits per heavy atom. The summed E-state index contributed by atoms with van der Waals surface area (Å²) < 4.78 is 0. The molecule has 1 aromatic heterocycles. The molecule has 1 aliphatic rings. The maximum Gasteiger partial charge on any atom is 0.255 e. The first-order valence-corrected chi connectivity index (χ1v) is 7.34. The van der Waals surface area contributed by atoms with E-state index in [1.807, 2.05) is 6.07 Å². The number of nitrogens with zero attached hydrogens (tertiary/aromatic N) is 2. The molecule has 0 aliphatic carbocycles. The van der Waals surface area contributed by atoms with E-state index in [9.17, 15) is 9.90 Å². The van der Waals surface area contributed by atoms with Gasteiger partial charge in [-0.3, -0.25) is 4.79 Å². The average molecular weight is 277 g/mol. The molecule has 0 aromatic carbocycles. The number of carbonyl (C=O) groups is 1. The fraction of sp³-hybridized carbons (Fsp3) is 0.600. The number of anilines is 1. The maximum absolute atomic E-state index is 12.2. The van der Waals surface area contributed by atoms with E-state index >= 15 is 0 Å². The van der Waals surface area contributed by atoms with Crippen LogP contribution in [-0.2, 0) is 0 Å². The van der Waals surface area contributed by atoms with Gasteiger partial charge in [0.2, 0.25) is 0 Å². The number of pyridine rings is 1. The summed E-state index contributed by atoms with van der Waals surface area (Å²) in [6.07, 6.45) is 5.45. The molecule has 0 saturated carbocycles. The minimum atomic E-state index is -0.397. The highest BCUT2D eigenvalue weighted by Crippen LogP contribution is 2.21. The van der Waals surface area contributed by atoms with Crippen molar-refractivity contribution in [3.05, 3.63) is 23.9 Å². The quantitative estimate of drug-likeness (QED) is 0.857. The number of amides is 1. The molecule has 1 aliphatic heterocycles. The van der Waals surface area contributed by atoms with Gasteiger partial charge in [-0.05, 0) is 44.7 Å². The van der Waals surface area contributed by atoms with Crippen molar-refractivity contribution in [1.82, 2.24) is 10.3 Å². The largest absolute Gasteiger partial charge is 0.393 e. The molecular formula is C15H23N3O2. The molecular weight excluding hydrogens is 254 g/mol. The number of nitrogens with one attached hydrogen (secondary N) is 1. The van der Waals surface area contributed by atoms with E-state index < -0.39 is 6.10 Å². The number of aliphatic hydroxyl groups is 1. The van der Waals surface area contributed by atoms with Gasteiger partial charge in [0, 0.05) is 25.8 Å². The molecule has 5 nitrogen and oxygen atoms in total. The van der Waals surface area contributed by atoms with Crippen LogP contribution in [0.1, 0.15) is 43.0 Å². The smallest absolute Gasteiger partial charge is 0.255 e. The van der Waals surface area contributed by atoms with Gasteiger partial charge in [0.15, 0.2) is 0 Å². The van der Waals surface area contributed by atoms with Crippen LogP contribution in [0.4, 0.5) is 5.82 Å². The Bertz CT molecular complexity index is 442. The van der Waals surface area contributed by atoms with E-state index in [1.54, 1.807) is 19.2 Å². The molecule has 20 heavy (non-hydrogen) atoms. The van der Waals surface area contributed by atoms with Crippen molar-refractivity contribution < 1.29 is 9.90 Å². The number of hydrogen-bond acceptors (Lipinski definition) is 4. The van der Waals surface area contributed by atoms with Crippen LogP contribution in [0.3, 0.4) is 0 Å². The second-order valence-corrected chi connectivity index (χ2v) is 5.32. The molecule has 2 rings (SSSR count). The number of aliphatic hydroxyl groups excluding tert-OH is 1. The van der Waals surface area contributed by atoms with Gasteiger partial charge in [0.1, 0.15) is 5.82 Å². The van der Waals surface area contributed by atoms with Gasteiger partial charge in [-0.2, -0.15) is 0 Å². The van der Waals surface area contributed by atoms with E-state index in [-0.39, 0.29) is 5.91 Å². The molecule has 110 valence electrons. The summed E-state index contributed by atoms with van der Waals surface area (Å²) in [5.74, 6) is 0.668. The zero-order valence-corrected chi connectivity index (χ0v) is 12.0. The minimum Gasteiger partial charge on any atom is -0.393 e. The highest BCUT2D eigenvalue weighted by Gasteiger charge is 2.19. The van der Waals surface area contributed by atoms with Crippen LogP contribution < -0.4 is 10.2 Å². The van der Waals surface area contributed by atoms with Crippen molar-refractivity contribution in [2.75, 3.05) is 24.5 Å². The van der Waals surface area contributed by atoms with Crippen LogP contribution in [0.2, 0.25) is 0 Å². The van der Waals surface area contributed by atoms with Gasteiger partial charge in [-0.15, -0.1) is 0 Å². The zero-order chi connectivity index (χ0) is 14.4. The Morgan fingerprint density at radius 2 is 2.20 bits per heavy atom. The Labute approximate surface area is 120 Å². The molecule has 2 N–H and O–H groups in total. The molecule has 0 bridgehead atoms. The number of hydrogen-bond donors (Lipinski definition) is 2. The monoisotopic (exact) mass is 277 g/mol. The van der Waals surface area contributed by atoms with E-state index in [0.717, 1.165) is 31.7 Å². The average Bonchev–Trinajstić information content (AvgIpc) is 2.47.